The van der Waals surface area contributed by atoms with Gasteiger partial charge >= 0.3 is 0 Å². The minimum absolute atomic E-state index is 0.132. The van der Waals surface area contributed by atoms with Crippen LogP contribution in [-0.4, -0.2) is 11.6 Å². The van der Waals surface area contributed by atoms with Crippen molar-refractivity contribution in [3.63, 3.8) is 0 Å². The van der Waals surface area contributed by atoms with Crippen molar-refractivity contribution in [3.05, 3.63) is 47.7 Å². The molecule has 1 aromatic heterocycles. The van der Waals surface area contributed by atoms with Crippen molar-refractivity contribution in [3.8, 4) is 0 Å². The quantitative estimate of drug-likeness (QED) is 0.652. The van der Waals surface area contributed by atoms with Crippen LogP contribution in [0.2, 0.25) is 0 Å². The number of rotatable bonds is 0. The fraction of sp³-hybridized carbons (Fsp3) is 0. The molecule has 3 rings (SSSR count). The smallest absolute Gasteiger partial charge is 0.187 e. The van der Waals surface area contributed by atoms with Crippen molar-refractivity contribution in [1.29, 1.82) is 0 Å². The van der Waals surface area contributed by atoms with Crippen LogP contribution in [0.5, 0.6) is 0 Å². The van der Waals surface area contributed by atoms with E-state index in [1.807, 2.05) is 0 Å². The van der Waals surface area contributed by atoms with Gasteiger partial charge in [-0.25, -0.2) is 0 Å². The third-order valence-corrected chi connectivity index (χ3v) is 2.53. The van der Waals surface area contributed by atoms with Gasteiger partial charge in [0.25, 0.3) is 0 Å². The molecular weight excluding hydrogens is 192 g/mol. The highest BCUT2D eigenvalue weighted by atomic mass is 16.3. The summed E-state index contributed by atoms with van der Waals surface area (Å²) in [6.07, 6.45) is 4.12. The molecule has 0 bridgehead atoms. The normalized spacial score (nSPS) is 14.7. The second-order valence-corrected chi connectivity index (χ2v) is 3.38. The Balaban J connectivity index is 2.48. The first-order chi connectivity index (χ1) is 7.27. The molecular formula is C12H6O3. The second kappa shape index (κ2) is 2.67. The average molecular weight is 198 g/mol. The molecule has 0 aliphatic heterocycles. The maximum Gasteiger partial charge on any atom is 0.187 e. The predicted molar refractivity (Wildman–Crippen MR) is 54.0 cm³/mol. The van der Waals surface area contributed by atoms with Gasteiger partial charge in [0, 0.05) is 16.5 Å². The molecule has 0 amide bonds. The Morgan fingerprint density at radius 2 is 1.73 bits per heavy atom. The zero-order chi connectivity index (χ0) is 10.4. The fourth-order valence-electron chi connectivity index (χ4n) is 1.84. The summed E-state index contributed by atoms with van der Waals surface area (Å²) >= 11 is 0. The summed E-state index contributed by atoms with van der Waals surface area (Å²) in [5, 5.41) is 0.704. The number of hydrogen-bond donors (Lipinski definition) is 0. The van der Waals surface area contributed by atoms with E-state index in [4.69, 9.17) is 4.42 Å². The third kappa shape index (κ3) is 1.00. The molecule has 0 fully saturated rings. The second-order valence-electron chi connectivity index (χ2n) is 3.38. The van der Waals surface area contributed by atoms with Crippen LogP contribution in [0.1, 0.15) is 20.7 Å². The van der Waals surface area contributed by atoms with Crippen molar-refractivity contribution >= 4 is 22.5 Å². The predicted octanol–water partition coefficient (Wildman–Crippen LogP) is 2.37. The Bertz CT molecular complexity index is 617. The number of hydrogen-bond acceptors (Lipinski definition) is 3. The number of furan rings is 1. The van der Waals surface area contributed by atoms with Crippen LogP contribution < -0.4 is 0 Å². The van der Waals surface area contributed by atoms with Gasteiger partial charge in [-0.3, -0.25) is 9.59 Å². The van der Waals surface area contributed by atoms with Crippen molar-refractivity contribution in [2.24, 2.45) is 0 Å². The summed E-state index contributed by atoms with van der Waals surface area (Å²) in [5.41, 5.74) is 1.54. The van der Waals surface area contributed by atoms with E-state index < -0.39 is 0 Å². The van der Waals surface area contributed by atoms with Gasteiger partial charge in [-0.15, -0.1) is 0 Å². The molecule has 0 saturated heterocycles. The molecule has 3 heteroatoms. The monoisotopic (exact) mass is 198 g/mol. The molecule has 2 aromatic rings. The lowest BCUT2D eigenvalue weighted by Crippen LogP contribution is -2.11. The summed E-state index contributed by atoms with van der Waals surface area (Å²) < 4.78 is 5.18. The molecule has 0 unspecified atom stereocenters. The highest BCUT2D eigenvalue weighted by Gasteiger charge is 2.21. The Labute approximate surface area is 85.0 Å². The summed E-state index contributed by atoms with van der Waals surface area (Å²) in [5.74, 6) is -0.274. The van der Waals surface area contributed by atoms with Crippen LogP contribution in [0.25, 0.3) is 11.0 Å². The lowest BCUT2D eigenvalue weighted by molar-refractivity contribution is 0.0995. The molecule has 1 heterocycles. The van der Waals surface area contributed by atoms with E-state index in [-0.39, 0.29) is 11.6 Å². The molecule has 0 spiro atoms. The first kappa shape index (κ1) is 8.17. The number of ketones is 2. The van der Waals surface area contributed by atoms with Crippen LogP contribution in [-0.2, 0) is 0 Å². The van der Waals surface area contributed by atoms with Crippen LogP contribution in [0.4, 0.5) is 0 Å². The van der Waals surface area contributed by atoms with Crippen LogP contribution in [0, 0.1) is 0 Å². The maximum absolute atomic E-state index is 11.7. The molecule has 1 aliphatic rings. The highest BCUT2D eigenvalue weighted by molar-refractivity contribution is 6.26. The van der Waals surface area contributed by atoms with Gasteiger partial charge in [0.05, 0.1) is 6.26 Å². The average Bonchev–Trinajstić information content (AvgIpc) is 2.70. The molecule has 0 N–H and O–H groups in total. The number of carbonyl (C=O) groups is 2. The first-order valence-corrected chi connectivity index (χ1v) is 4.54. The summed E-state index contributed by atoms with van der Waals surface area (Å²) in [6, 6.07) is 5.04. The van der Waals surface area contributed by atoms with E-state index in [1.54, 1.807) is 18.2 Å². The van der Waals surface area contributed by atoms with Gasteiger partial charge in [-0.05, 0) is 30.4 Å². The number of allylic oxidation sites excluding steroid dienone is 2. The molecule has 1 aliphatic carbocycles. The van der Waals surface area contributed by atoms with E-state index in [0.717, 1.165) is 0 Å². The molecule has 0 saturated carbocycles. The van der Waals surface area contributed by atoms with E-state index >= 15 is 0 Å². The van der Waals surface area contributed by atoms with Gasteiger partial charge < -0.3 is 4.42 Å². The summed E-state index contributed by atoms with van der Waals surface area (Å²) in [4.78, 5) is 23.2. The zero-order valence-corrected chi connectivity index (χ0v) is 7.69. The van der Waals surface area contributed by atoms with Crippen molar-refractivity contribution in [2.75, 3.05) is 0 Å². The van der Waals surface area contributed by atoms with Crippen molar-refractivity contribution in [2.45, 2.75) is 0 Å². The highest BCUT2D eigenvalue weighted by Crippen LogP contribution is 2.27. The molecule has 0 atom stereocenters. The maximum atomic E-state index is 11.7. The van der Waals surface area contributed by atoms with Crippen molar-refractivity contribution < 1.29 is 14.0 Å². The standard InChI is InChI=1S/C12H6O3/c13-9-2-3-10(14)12-7(9)1-4-11-8(12)5-6-15-11/h1-6H. The molecule has 3 nitrogen and oxygen atoms in total. The fourth-order valence-corrected chi connectivity index (χ4v) is 1.84. The molecule has 1 aromatic carbocycles. The van der Waals surface area contributed by atoms with E-state index in [1.165, 1.54) is 18.4 Å². The Morgan fingerprint density at radius 1 is 0.933 bits per heavy atom. The molecule has 0 radical (unpaired) electrons. The first-order valence-electron chi connectivity index (χ1n) is 4.54. The zero-order valence-electron chi connectivity index (χ0n) is 7.69. The van der Waals surface area contributed by atoms with E-state index in [2.05, 4.69) is 0 Å². The van der Waals surface area contributed by atoms with Crippen LogP contribution >= 0.6 is 0 Å². The number of carbonyl (C=O) groups excluding carboxylic acids is 2. The Hall–Kier alpha value is -2.16. The number of fused-ring (bicyclic) bond motifs is 3. The SMILES string of the molecule is O=C1C=CC(=O)c2c1ccc1occc21. The van der Waals surface area contributed by atoms with E-state index in [9.17, 15) is 9.59 Å². The van der Waals surface area contributed by atoms with Gasteiger partial charge in [0.2, 0.25) is 0 Å². The van der Waals surface area contributed by atoms with Gasteiger partial charge in [-0.2, -0.15) is 0 Å². The van der Waals surface area contributed by atoms with Gasteiger partial charge in [-0.1, -0.05) is 0 Å². The Morgan fingerprint density at radius 3 is 2.60 bits per heavy atom. The lowest BCUT2D eigenvalue weighted by atomic mass is 9.92. The minimum Gasteiger partial charge on any atom is -0.464 e. The topological polar surface area (TPSA) is 47.3 Å². The molecule has 15 heavy (non-hydrogen) atoms. The largest absolute Gasteiger partial charge is 0.464 e. The van der Waals surface area contributed by atoms with Crippen LogP contribution in [0.15, 0.2) is 41.0 Å². The third-order valence-electron chi connectivity index (χ3n) is 2.53. The van der Waals surface area contributed by atoms with E-state index in [0.29, 0.717) is 22.1 Å². The van der Waals surface area contributed by atoms with Crippen LogP contribution in [0.3, 0.4) is 0 Å². The summed E-state index contributed by atoms with van der Waals surface area (Å²) in [6.45, 7) is 0. The molecule has 72 valence electrons. The van der Waals surface area contributed by atoms with Gasteiger partial charge in [0.1, 0.15) is 5.58 Å². The summed E-state index contributed by atoms with van der Waals surface area (Å²) in [7, 11) is 0. The van der Waals surface area contributed by atoms with Gasteiger partial charge in [0.15, 0.2) is 11.6 Å². The Kier molecular flexibility index (Phi) is 1.45. The minimum atomic E-state index is -0.142. The van der Waals surface area contributed by atoms with Crippen molar-refractivity contribution in [1.82, 2.24) is 0 Å². The lowest BCUT2D eigenvalue weighted by Gasteiger charge is -2.08. The number of benzene rings is 1.